The molecule has 0 aliphatic carbocycles. The Hall–Kier alpha value is -1.28. The molecule has 0 atom stereocenters. The van der Waals surface area contributed by atoms with Gasteiger partial charge in [0.15, 0.2) is 0 Å². The lowest BCUT2D eigenvalue weighted by Crippen LogP contribution is -1.98. The third-order valence-electron chi connectivity index (χ3n) is 2.75. The first-order chi connectivity index (χ1) is 10.7. The third-order valence-corrected chi connectivity index (χ3v) is 6.11. The van der Waals surface area contributed by atoms with Gasteiger partial charge in [0.1, 0.15) is 9.75 Å². The molecule has 2 rings (SSSR count). The molecule has 0 amide bonds. The highest BCUT2D eigenvalue weighted by molar-refractivity contribution is 7.18. The van der Waals surface area contributed by atoms with Crippen LogP contribution in [0.1, 0.15) is 30.5 Å². The van der Waals surface area contributed by atoms with E-state index in [0.29, 0.717) is 24.8 Å². The molecular formula is C14H15Cl2NO4S2. The van der Waals surface area contributed by atoms with Gasteiger partial charge in [-0.2, -0.15) is 0 Å². The molecule has 0 spiro atoms. The van der Waals surface area contributed by atoms with E-state index < -0.39 is 5.97 Å². The van der Waals surface area contributed by atoms with Gasteiger partial charge >= 0.3 is 11.9 Å². The summed E-state index contributed by atoms with van der Waals surface area (Å²) in [5.41, 5.74) is 7.21. The van der Waals surface area contributed by atoms with Crippen molar-refractivity contribution in [1.82, 2.24) is 0 Å². The summed E-state index contributed by atoms with van der Waals surface area (Å²) >= 11 is 14.1. The molecule has 2 aromatic heterocycles. The molecule has 2 heterocycles. The van der Waals surface area contributed by atoms with Crippen LogP contribution in [0.15, 0.2) is 5.38 Å². The predicted molar refractivity (Wildman–Crippen MR) is 95.2 cm³/mol. The third kappa shape index (κ3) is 4.60. The van der Waals surface area contributed by atoms with Gasteiger partial charge in [0, 0.05) is 5.56 Å². The number of nitrogens with two attached hydrogens (primary N) is 1. The van der Waals surface area contributed by atoms with E-state index in [1.807, 2.05) is 12.3 Å². The van der Waals surface area contributed by atoms with Crippen molar-refractivity contribution in [3.8, 4) is 0 Å². The molecule has 126 valence electrons. The fourth-order valence-corrected chi connectivity index (χ4v) is 3.82. The molecule has 0 saturated carbocycles. The second-order valence-electron chi connectivity index (χ2n) is 4.28. The Bertz CT molecular complexity index is 725. The maximum Gasteiger partial charge on any atom is 0.349 e. The molecule has 9 heteroatoms. The zero-order chi connectivity index (χ0) is 17.7. The van der Waals surface area contributed by atoms with Crippen molar-refractivity contribution in [2.45, 2.75) is 13.8 Å². The fourth-order valence-electron chi connectivity index (χ4n) is 1.39. The highest BCUT2D eigenvalue weighted by atomic mass is 35.5. The molecule has 2 N–H and O–H groups in total. The van der Waals surface area contributed by atoms with Crippen molar-refractivity contribution in [2.24, 2.45) is 0 Å². The maximum atomic E-state index is 11.0. The van der Waals surface area contributed by atoms with Crippen LogP contribution in [0.4, 0.5) is 5.00 Å². The van der Waals surface area contributed by atoms with Crippen molar-refractivity contribution in [2.75, 3.05) is 20.0 Å². The lowest BCUT2D eigenvalue weighted by Gasteiger charge is -1.94. The van der Waals surface area contributed by atoms with E-state index in [4.69, 9.17) is 28.9 Å². The average Bonchev–Trinajstić information content (AvgIpc) is 3.01. The summed E-state index contributed by atoms with van der Waals surface area (Å²) in [4.78, 5) is 22.8. The van der Waals surface area contributed by atoms with Crippen molar-refractivity contribution >= 4 is 62.8 Å². The molecule has 23 heavy (non-hydrogen) atoms. The second-order valence-corrected chi connectivity index (χ2v) is 6.97. The number of hydrogen-bond acceptors (Lipinski definition) is 7. The van der Waals surface area contributed by atoms with Crippen LogP contribution < -0.4 is 5.73 Å². The van der Waals surface area contributed by atoms with Gasteiger partial charge in [-0.1, -0.05) is 23.2 Å². The molecule has 0 saturated heterocycles. The van der Waals surface area contributed by atoms with E-state index in [-0.39, 0.29) is 5.97 Å². The van der Waals surface area contributed by atoms with Crippen LogP contribution in [-0.4, -0.2) is 26.2 Å². The van der Waals surface area contributed by atoms with E-state index >= 15 is 0 Å². The Morgan fingerprint density at radius 2 is 1.57 bits per heavy atom. The van der Waals surface area contributed by atoms with Crippen LogP contribution in [-0.2, 0) is 9.47 Å². The van der Waals surface area contributed by atoms with Crippen LogP contribution in [0.3, 0.4) is 0 Å². The second kappa shape index (κ2) is 8.54. The van der Waals surface area contributed by atoms with Gasteiger partial charge in [-0.05, 0) is 24.8 Å². The van der Waals surface area contributed by atoms with Gasteiger partial charge < -0.3 is 15.2 Å². The zero-order valence-corrected chi connectivity index (χ0v) is 16.0. The van der Waals surface area contributed by atoms with Gasteiger partial charge in [-0.15, -0.1) is 22.7 Å². The number of anilines is 1. The molecule has 0 bridgehead atoms. The van der Waals surface area contributed by atoms with E-state index in [1.165, 1.54) is 25.6 Å². The number of ether oxygens (including phenoxy) is 2. The Labute approximate surface area is 151 Å². The minimum Gasteiger partial charge on any atom is -0.465 e. The van der Waals surface area contributed by atoms with Crippen LogP contribution >= 0.6 is 45.9 Å². The van der Waals surface area contributed by atoms with Gasteiger partial charge in [-0.3, -0.25) is 0 Å². The van der Waals surface area contributed by atoms with Crippen molar-refractivity contribution in [3.05, 3.63) is 36.3 Å². The Kier molecular flexibility index (Phi) is 7.34. The van der Waals surface area contributed by atoms with Crippen LogP contribution in [0.25, 0.3) is 0 Å². The smallest absolute Gasteiger partial charge is 0.349 e. The number of carbonyl (C=O) groups is 2. The molecule has 0 aromatic carbocycles. The summed E-state index contributed by atoms with van der Waals surface area (Å²) in [6.45, 7) is 3.62. The van der Waals surface area contributed by atoms with Crippen LogP contribution in [0.2, 0.25) is 10.0 Å². The maximum absolute atomic E-state index is 11.0. The minimum absolute atomic E-state index is 0.367. The molecule has 0 unspecified atom stereocenters. The van der Waals surface area contributed by atoms with E-state index in [2.05, 4.69) is 9.47 Å². The Balaban J connectivity index is 0.000000231. The number of halogens is 2. The van der Waals surface area contributed by atoms with E-state index in [1.54, 1.807) is 6.92 Å². The summed E-state index contributed by atoms with van der Waals surface area (Å²) in [6.07, 6.45) is 0. The molecule has 0 aliphatic heterocycles. The first-order valence-electron chi connectivity index (χ1n) is 6.19. The highest BCUT2D eigenvalue weighted by Gasteiger charge is 2.17. The fraction of sp³-hybridized carbons (Fsp3) is 0.286. The molecule has 5 nitrogen and oxygen atoms in total. The average molecular weight is 396 g/mol. The molecule has 2 aromatic rings. The van der Waals surface area contributed by atoms with Crippen molar-refractivity contribution < 1.29 is 19.1 Å². The summed E-state index contributed by atoms with van der Waals surface area (Å²) in [5.74, 6) is -0.808. The van der Waals surface area contributed by atoms with E-state index in [9.17, 15) is 9.59 Å². The van der Waals surface area contributed by atoms with Crippen LogP contribution in [0.5, 0.6) is 0 Å². The molecule has 0 radical (unpaired) electrons. The molecule has 0 fully saturated rings. The number of nitrogen functional groups attached to an aromatic ring is 1. The number of aryl methyl sites for hydroxylation is 1. The number of carbonyl (C=O) groups excluding carboxylic acids is 2. The summed E-state index contributed by atoms with van der Waals surface area (Å²) in [5, 5.41) is 3.28. The van der Waals surface area contributed by atoms with Crippen LogP contribution in [0, 0.1) is 13.8 Å². The largest absolute Gasteiger partial charge is 0.465 e. The highest BCUT2D eigenvalue weighted by Crippen LogP contribution is 2.34. The molecular weight excluding hydrogens is 381 g/mol. The normalized spacial score (nSPS) is 9.83. The van der Waals surface area contributed by atoms with Gasteiger partial charge in [0.25, 0.3) is 0 Å². The van der Waals surface area contributed by atoms with Gasteiger partial charge in [-0.25, -0.2) is 9.59 Å². The monoisotopic (exact) mass is 395 g/mol. The van der Waals surface area contributed by atoms with E-state index in [0.717, 1.165) is 22.5 Å². The van der Waals surface area contributed by atoms with Crippen molar-refractivity contribution in [3.63, 3.8) is 0 Å². The predicted octanol–water partition coefficient (Wildman–Crippen LogP) is 4.58. The number of hydrogen-bond donors (Lipinski definition) is 1. The number of thiophene rings is 2. The quantitative estimate of drug-likeness (QED) is 0.752. The van der Waals surface area contributed by atoms with Crippen molar-refractivity contribution in [1.29, 1.82) is 0 Å². The first-order valence-corrected chi connectivity index (χ1v) is 8.64. The minimum atomic E-state index is -0.440. The van der Waals surface area contributed by atoms with Gasteiger partial charge in [0.2, 0.25) is 0 Å². The molecule has 0 aliphatic rings. The summed E-state index contributed by atoms with van der Waals surface area (Å²) in [7, 11) is 2.65. The summed E-state index contributed by atoms with van der Waals surface area (Å²) < 4.78 is 9.03. The topological polar surface area (TPSA) is 78.6 Å². The Morgan fingerprint density at radius 3 is 1.91 bits per heavy atom. The standard InChI is InChI=1S/C7H8ClNO2S.C7H7ClO2S/c1-3-4(8)5(7(10)11-2)12-6(3)9;1-4-3-11-6(5(4)8)7(9)10-2/h9H2,1-2H3;3H,1-2H3. The SMILES string of the molecule is COC(=O)c1sc(N)c(C)c1Cl.COC(=O)c1scc(C)c1Cl. The number of rotatable bonds is 2. The Morgan fingerprint density at radius 1 is 1.04 bits per heavy atom. The lowest BCUT2D eigenvalue weighted by atomic mass is 10.3. The number of methoxy groups -OCH3 is 2. The zero-order valence-electron chi connectivity index (χ0n) is 12.9. The van der Waals surface area contributed by atoms with Gasteiger partial charge in [0.05, 0.1) is 29.3 Å². The number of esters is 2. The summed E-state index contributed by atoms with van der Waals surface area (Å²) in [6, 6.07) is 0. The lowest BCUT2D eigenvalue weighted by molar-refractivity contribution is 0.0597. The first kappa shape index (κ1) is 19.8.